The van der Waals surface area contributed by atoms with Crippen LogP contribution in [0.2, 0.25) is 0 Å². The zero-order valence-corrected chi connectivity index (χ0v) is 13.7. The minimum atomic E-state index is 0.507. The number of methoxy groups -OCH3 is 2. The maximum Gasteiger partial charge on any atom is 0.122 e. The average Bonchev–Trinajstić information content (AvgIpc) is 3.24. The van der Waals surface area contributed by atoms with E-state index in [1.165, 1.54) is 5.56 Å². The Hall–Kier alpha value is -2.05. The summed E-state index contributed by atoms with van der Waals surface area (Å²) < 4.78 is 10.7. The van der Waals surface area contributed by atoms with E-state index in [2.05, 4.69) is 32.3 Å². The molecule has 6 nitrogen and oxygen atoms in total. The molecule has 0 saturated carbocycles. The highest BCUT2D eigenvalue weighted by molar-refractivity contribution is 5.38. The van der Waals surface area contributed by atoms with Crippen molar-refractivity contribution in [1.29, 1.82) is 0 Å². The van der Waals surface area contributed by atoms with Crippen molar-refractivity contribution >= 4 is 0 Å². The molecule has 1 saturated heterocycles. The van der Waals surface area contributed by atoms with Crippen LogP contribution in [0.4, 0.5) is 0 Å². The zero-order chi connectivity index (χ0) is 16.1. The monoisotopic (exact) mass is 316 g/mol. The second kappa shape index (κ2) is 7.48. The van der Waals surface area contributed by atoms with Gasteiger partial charge in [0.25, 0.3) is 0 Å². The number of imidazole rings is 1. The largest absolute Gasteiger partial charge is 0.497 e. The van der Waals surface area contributed by atoms with E-state index in [0.717, 1.165) is 49.9 Å². The molecule has 1 fully saturated rings. The first-order valence-electron chi connectivity index (χ1n) is 7.93. The molecule has 0 amide bonds. The molecular formula is C17H24N4O2. The molecule has 3 rings (SSSR count). The lowest BCUT2D eigenvalue weighted by molar-refractivity contribution is 0.317. The van der Waals surface area contributed by atoms with Gasteiger partial charge in [0.2, 0.25) is 0 Å². The highest BCUT2D eigenvalue weighted by Gasteiger charge is 2.22. The Morgan fingerprint density at radius 3 is 2.70 bits per heavy atom. The number of likely N-dealkylation sites (tertiary alicyclic amines) is 1. The van der Waals surface area contributed by atoms with E-state index in [9.17, 15) is 0 Å². The molecule has 2 heterocycles. The molecule has 0 radical (unpaired) electrons. The second-order valence-corrected chi connectivity index (χ2v) is 5.86. The Morgan fingerprint density at radius 2 is 2.04 bits per heavy atom. The van der Waals surface area contributed by atoms with Crippen molar-refractivity contribution in [3.8, 4) is 11.5 Å². The summed E-state index contributed by atoms with van der Waals surface area (Å²) in [6, 6.07) is 6.56. The SMILES string of the molecule is COc1cc(CN2CCC(NCc3ncc[nH]3)C2)cc(OC)c1. The first-order valence-corrected chi connectivity index (χ1v) is 7.93. The van der Waals surface area contributed by atoms with Crippen LogP contribution < -0.4 is 14.8 Å². The van der Waals surface area contributed by atoms with Gasteiger partial charge in [0, 0.05) is 44.1 Å². The van der Waals surface area contributed by atoms with Crippen LogP contribution in [0.5, 0.6) is 11.5 Å². The number of aromatic nitrogens is 2. The number of hydrogen-bond acceptors (Lipinski definition) is 5. The van der Waals surface area contributed by atoms with Crippen LogP contribution in [-0.4, -0.2) is 48.2 Å². The van der Waals surface area contributed by atoms with Crippen molar-refractivity contribution in [1.82, 2.24) is 20.2 Å². The van der Waals surface area contributed by atoms with Crippen molar-refractivity contribution in [3.63, 3.8) is 0 Å². The topological polar surface area (TPSA) is 62.4 Å². The highest BCUT2D eigenvalue weighted by Crippen LogP contribution is 2.24. The van der Waals surface area contributed by atoms with Gasteiger partial charge in [-0.1, -0.05) is 0 Å². The van der Waals surface area contributed by atoms with E-state index in [-0.39, 0.29) is 0 Å². The van der Waals surface area contributed by atoms with Gasteiger partial charge in [-0.3, -0.25) is 4.90 Å². The Bertz CT molecular complexity index is 593. The third kappa shape index (κ3) is 4.24. The fourth-order valence-electron chi connectivity index (χ4n) is 2.99. The minimum Gasteiger partial charge on any atom is -0.497 e. The van der Waals surface area contributed by atoms with Gasteiger partial charge >= 0.3 is 0 Å². The third-order valence-corrected chi connectivity index (χ3v) is 4.20. The van der Waals surface area contributed by atoms with Crippen LogP contribution in [0.3, 0.4) is 0 Å². The van der Waals surface area contributed by atoms with Gasteiger partial charge in [-0.15, -0.1) is 0 Å². The number of benzene rings is 1. The minimum absolute atomic E-state index is 0.507. The summed E-state index contributed by atoms with van der Waals surface area (Å²) in [6.07, 6.45) is 4.80. The number of aromatic amines is 1. The smallest absolute Gasteiger partial charge is 0.122 e. The maximum absolute atomic E-state index is 5.34. The summed E-state index contributed by atoms with van der Waals surface area (Å²) in [5.74, 6) is 2.66. The van der Waals surface area contributed by atoms with E-state index in [4.69, 9.17) is 9.47 Å². The van der Waals surface area contributed by atoms with Crippen molar-refractivity contribution in [3.05, 3.63) is 42.0 Å². The lowest BCUT2D eigenvalue weighted by atomic mass is 10.2. The van der Waals surface area contributed by atoms with Crippen LogP contribution in [0.1, 0.15) is 17.8 Å². The van der Waals surface area contributed by atoms with Crippen LogP contribution >= 0.6 is 0 Å². The van der Waals surface area contributed by atoms with Crippen molar-refractivity contribution in [2.45, 2.75) is 25.6 Å². The number of ether oxygens (including phenoxy) is 2. The molecule has 124 valence electrons. The molecular weight excluding hydrogens is 292 g/mol. The molecule has 0 aliphatic carbocycles. The molecule has 1 aliphatic heterocycles. The Morgan fingerprint density at radius 1 is 1.26 bits per heavy atom. The van der Waals surface area contributed by atoms with Crippen molar-refractivity contribution in [2.24, 2.45) is 0 Å². The molecule has 2 N–H and O–H groups in total. The van der Waals surface area contributed by atoms with Gasteiger partial charge in [0.15, 0.2) is 0 Å². The summed E-state index contributed by atoms with van der Waals surface area (Å²) in [7, 11) is 3.37. The van der Waals surface area contributed by atoms with Gasteiger partial charge < -0.3 is 19.8 Å². The van der Waals surface area contributed by atoms with Crippen LogP contribution in [-0.2, 0) is 13.1 Å². The van der Waals surface area contributed by atoms with Gasteiger partial charge in [0.05, 0.1) is 20.8 Å². The fourth-order valence-corrected chi connectivity index (χ4v) is 2.99. The van der Waals surface area contributed by atoms with Gasteiger partial charge in [-0.25, -0.2) is 4.98 Å². The number of nitrogens with zero attached hydrogens (tertiary/aromatic N) is 2. The molecule has 1 unspecified atom stereocenters. The Labute approximate surface area is 136 Å². The average molecular weight is 316 g/mol. The van der Waals surface area contributed by atoms with E-state index < -0.39 is 0 Å². The third-order valence-electron chi connectivity index (χ3n) is 4.20. The first-order chi connectivity index (χ1) is 11.3. The molecule has 1 aliphatic rings. The molecule has 23 heavy (non-hydrogen) atoms. The molecule has 1 aromatic heterocycles. The van der Waals surface area contributed by atoms with E-state index in [1.807, 2.05) is 12.3 Å². The number of H-pyrrole nitrogens is 1. The van der Waals surface area contributed by atoms with Crippen LogP contribution in [0.15, 0.2) is 30.6 Å². The quantitative estimate of drug-likeness (QED) is 0.815. The predicted octanol–water partition coefficient (Wildman–Crippen LogP) is 1.79. The number of hydrogen-bond donors (Lipinski definition) is 2. The lowest BCUT2D eigenvalue weighted by Gasteiger charge is -2.17. The molecule has 6 heteroatoms. The first kappa shape index (κ1) is 15.8. The highest BCUT2D eigenvalue weighted by atomic mass is 16.5. The molecule has 0 spiro atoms. The van der Waals surface area contributed by atoms with E-state index in [1.54, 1.807) is 20.4 Å². The van der Waals surface area contributed by atoms with Gasteiger partial charge in [0.1, 0.15) is 17.3 Å². The molecule has 2 aromatic rings. The molecule has 1 aromatic carbocycles. The van der Waals surface area contributed by atoms with Gasteiger partial charge in [-0.2, -0.15) is 0 Å². The predicted molar refractivity (Wildman–Crippen MR) is 88.7 cm³/mol. The van der Waals surface area contributed by atoms with Crippen molar-refractivity contribution < 1.29 is 9.47 Å². The summed E-state index contributed by atoms with van der Waals surface area (Å²) in [5, 5.41) is 3.56. The standard InChI is InChI=1S/C17H24N4O2/c1-22-15-7-13(8-16(9-15)23-2)11-21-6-3-14(12-21)20-10-17-18-4-5-19-17/h4-5,7-9,14,20H,3,6,10-12H2,1-2H3,(H,18,19). The van der Waals surface area contributed by atoms with E-state index in [0.29, 0.717) is 6.04 Å². The zero-order valence-electron chi connectivity index (χ0n) is 13.7. The van der Waals surface area contributed by atoms with Gasteiger partial charge in [-0.05, 0) is 24.1 Å². The van der Waals surface area contributed by atoms with Crippen molar-refractivity contribution in [2.75, 3.05) is 27.3 Å². The lowest BCUT2D eigenvalue weighted by Crippen LogP contribution is -2.32. The molecule has 1 atom stereocenters. The number of rotatable bonds is 7. The molecule has 0 bridgehead atoms. The summed E-state index contributed by atoms with van der Waals surface area (Å²) in [6.45, 7) is 3.83. The normalized spacial score (nSPS) is 18.3. The van der Waals surface area contributed by atoms with Crippen LogP contribution in [0, 0.1) is 0 Å². The Balaban J connectivity index is 1.53. The van der Waals surface area contributed by atoms with E-state index >= 15 is 0 Å². The summed E-state index contributed by atoms with van der Waals surface area (Å²) in [5.41, 5.74) is 1.22. The summed E-state index contributed by atoms with van der Waals surface area (Å²) >= 11 is 0. The maximum atomic E-state index is 5.34. The summed E-state index contributed by atoms with van der Waals surface area (Å²) in [4.78, 5) is 9.82. The van der Waals surface area contributed by atoms with Crippen LogP contribution in [0.25, 0.3) is 0 Å². The number of nitrogens with one attached hydrogen (secondary N) is 2. The Kier molecular flexibility index (Phi) is 5.15. The second-order valence-electron chi connectivity index (χ2n) is 5.86. The fraction of sp³-hybridized carbons (Fsp3) is 0.471.